The van der Waals surface area contributed by atoms with Crippen molar-refractivity contribution in [1.29, 1.82) is 0 Å². The Kier molecular flexibility index (Phi) is 6.18. The summed E-state index contributed by atoms with van der Waals surface area (Å²) in [6, 6.07) is 10.9. The molecule has 164 valence electrons. The molecule has 1 aliphatic carbocycles. The SMILES string of the molecule is COc1cc(CN[C@H]2CCCc3c2cnn3-c2cc(C)cc(C)c2)cc(OC)c1OC. The van der Waals surface area contributed by atoms with Crippen molar-refractivity contribution >= 4 is 0 Å². The van der Waals surface area contributed by atoms with E-state index in [0.717, 1.165) is 30.5 Å². The Balaban J connectivity index is 1.57. The number of hydrogen-bond acceptors (Lipinski definition) is 5. The van der Waals surface area contributed by atoms with Crippen molar-refractivity contribution in [3.8, 4) is 22.9 Å². The largest absolute Gasteiger partial charge is 0.493 e. The van der Waals surface area contributed by atoms with E-state index in [1.165, 1.54) is 22.4 Å². The molecule has 6 heteroatoms. The molecule has 0 fully saturated rings. The zero-order chi connectivity index (χ0) is 22.0. The standard InChI is InChI=1S/C25H31N3O3/c1-16-9-17(2)11-19(10-16)28-22-8-6-7-21(20(22)15-27-28)26-14-18-12-23(29-3)25(31-5)24(13-18)30-4/h9-13,15,21,26H,6-8,14H2,1-5H3/t21-/m0/s1. The molecule has 1 heterocycles. The number of benzene rings is 2. The average molecular weight is 422 g/mol. The van der Waals surface area contributed by atoms with Crippen LogP contribution in [0.15, 0.2) is 36.5 Å². The lowest BCUT2D eigenvalue weighted by Crippen LogP contribution is -2.25. The smallest absolute Gasteiger partial charge is 0.203 e. The summed E-state index contributed by atoms with van der Waals surface area (Å²) in [5, 5.41) is 8.47. The minimum atomic E-state index is 0.266. The molecule has 0 saturated carbocycles. The quantitative estimate of drug-likeness (QED) is 0.600. The third kappa shape index (κ3) is 4.26. The number of nitrogens with one attached hydrogen (secondary N) is 1. The van der Waals surface area contributed by atoms with Crippen LogP contribution in [0.5, 0.6) is 17.2 Å². The van der Waals surface area contributed by atoms with Gasteiger partial charge in [-0.25, -0.2) is 4.68 Å². The van der Waals surface area contributed by atoms with Gasteiger partial charge in [0.1, 0.15) is 0 Å². The molecule has 1 aromatic heterocycles. The topological polar surface area (TPSA) is 57.5 Å². The first-order chi connectivity index (χ1) is 15.0. The molecule has 1 atom stereocenters. The van der Waals surface area contributed by atoms with Crippen LogP contribution < -0.4 is 19.5 Å². The molecule has 2 aromatic carbocycles. The lowest BCUT2D eigenvalue weighted by Gasteiger charge is -2.25. The predicted molar refractivity (Wildman–Crippen MR) is 122 cm³/mol. The Hall–Kier alpha value is -2.99. The van der Waals surface area contributed by atoms with Crippen molar-refractivity contribution in [2.45, 2.75) is 45.7 Å². The van der Waals surface area contributed by atoms with Crippen LogP contribution in [0.25, 0.3) is 5.69 Å². The van der Waals surface area contributed by atoms with Crippen molar-refractivity contribution < 1.29 is 14.2 Å². The Morgan fingerprint density at radius 1 is 0.968 bits per heavy atom. The first-order valence-corrected chi connectivity index (χ1v) is 10.7. The van der Waals surface area contributed by atoms with Gasteiger partial charge in [0.25, 0.3) is 0 Å². The Bertz CT molecular complexity index is 1030. The number of methoxy groups -OCH3 is 3. The molecule has 0 radical (unpaired) electrons. The third-order valence-electron chi connectivity index (χ3n) is 5.91. The third-order valence-corrected chi connectivity index (χ3v) is 5.91. The predicted octanol–water partition coefficient (Wildman–Crippen LogP) is 4.68. The monoisotopic (exact) mass is 421 g/mol. The molecule has 1 N–H and O–H groups in total. The van der Waals surface area contributed by atoms with E-state index in [2.05, 4.69) is 42.0 Å². The van der Waals surface area contributed by atoms with E-state index in [4.69, 9.17) is 19.3 Å². The zero-order valence-corrected chi connectivity index (χ0v) is 19.0. The molecule has 1 aliphatic rings. The Labute approximate surface area is 184 Å². The van der Waals surface area contributed by atoms with E-state index < -0.39 is 0 Å². The summed E-state index contributed by atoms with van der Waals surface area (Å²) in [5.74, 6) is 1.96. The van der Waals surface area contributed by atoms with Crippen molar-refractivity contribution in [3.05, 3.63) is 64.5 Å². The molecule has 0 spiro atoms. The maximum Gasteiger partial charge on any atom is 0.203 e. The van der Waals surface area contributed by atoms with Crippen LogP contribution in [-0.4, -0.2) is 31.1 Å². The van der Waals surface area contributed by atoms with Gasteiger partial charge in [-0.1, -0.05) is 6.07 Å². The van der Waals surface area contributed by atoms with Gasteiger partial charge >= 0.3 is 0 Å². The summed E-state index contributed by atoms with van der Waals surface area (Å²) >= 11 is 0. The van der Waals surface area contributed by atoms with Gasteiger partial charge in [0.05, 0.1) is 33.2 Å². The average Bonchev–Trinajstić information content (AvgIpc) is 3.21. The van der Waals surface area contributed by atoms with Crippen molar-refractivity contribution in [3.63, 3.8) is 0 Å². The van der Waals surface area contributed by atoms with E-state index in [0.29, 0.717) is 23.8 Å². The van der Waals surface area contributed by atoms with Gasteiger partial charge in [0.15, 0.2) is 11.5 Å². The molecule has 0 bridgehead atoms. The highest BCUT2D eigenvalue weighted by molar-refractivity contribution is 5.54. The molecule has 31 heavy (non-hydrogen) atoms. The lowest BCUT2D eigenvalue weighted by molar-refractivity contribution is 0.323. The van der Waals surface area contributed by atoms with E-state index in [9.17, 15) is 0 Å². The summed E-state index contributed by atoms with van der Waals surface area (Å²) in [5.41, 5.74) is 7.34. The summed E-state index contributed by atoms with van der Waals surface area (Å²) in [6.07, 6.45) is 5.30. The van der Waals surface area contributed by atoms with E-state index in [1.54, 1.807) is 21.3 Å². The zero-order valence-electron chi connectivity index (χ0n) is 19.0. The van der Waals surface area contributed by atoms with Gasteiger partial charge in [0.2, 0.25) is 5.75 Å². The second-order valence-corrected chi connectivity index (χ2v) is 8.16. The fourth-order valence-electron chi connectivity index (χ4n) is 4.54. The van der Waals surface area contributed by atoms with Gasteiger partial charge in [-0.3, -0.25) is 0 Å². The van der Waals surface area contributed by atoms with Gasteiger partial charge in [0, 0.05) is 23.8 Å². The molecule has 0 amide bonds. The maximum atomic E-state index is 5.49. The van der Waals surface area contributed by atoms with E-state index in [1.807, 2.05) is 18.3 Å². The number of fused-ring (bicyclic) bond motifs is 1. The summed E-state index contributed by atoms with van der Waals surface area (Å²) in [7, 11) is 4.90. The molecule has 3 aromatic rings. The van der Waals surface area contributed by atoms with Crippen LogP contribution in [-0.2, 0) is 13.0 Å². The maximum absolute atomic E-state index is 5.49. The Morgan fingerprint density at radius 3 is 2.26 bits per heavy atom. The molecule has 0 aliphatic heterocycles. The van der Waals surface area contributed by atoms with Gasteiger partial charge in [-0.15, -0.1) is 0 Å². The number of rotatable bonds is 7. The van der Waals surface area contributed by atoms with Gasteiger partial charge < -0.3 is 19.5 Å². The number of ether oxygens (including phenoxy) is 3. The first-order valence-electron chi connectivity index (χ1n) is 10.7. The van der Waals surface area contributed by atoms with Crippen LogP contribution in [0.4, 0.5) is 0 Å². The fraction of sp³-hybridized carbons (Fsp3) is 0.400. The lowest BCUT2D eigenvalue weighted by atomic mass is 9.92. The molecule has 4 rings (SSSR count). The Morgan fingerprint density at radius 2 is 1.65 bits per heavy atom. The number of nitrogens with zero attached hydrogens (tertiary/aromatic N) is 2. The van der Waals surface area contributed by atoms with Crippen molar-refractivity contribution in [2.75, 3.05) is 21.3 Å². The van der Waals surface area contributed by atoms with Gasteiger partial charge in [-0.05, 0) is 74.1 Å². The highest BCUT2D eigenvalue weighted by atomic mass is 16.5. The molecule has 0 saturated heterocycles. The van der Waals surface area contributed by atoms with Crippen molar-refractivity contribution in [1.82, 2.24) is 15.1 Å². The summed E-state index contributed by atoms with van der Waals surface area (Å²) < 4.78 is 18.5. The summed E-state index contributed by atoms with van der Waals surface area (Å²) in [6.45, 7) is 4.97. The van der Waals surface area contributed by atoms with Crippen LogP contribution in [0.1, 0.15) is 46.8 Å². The minimum absolute atomic E-state index is 0.266. The number of aryl methyl sites for hydroxylation is 2. The molecular weight excluding hydrogens is 390 g/mol. The van der Waals surface area contributed by atoms with Crippen molar-refractivity contribution in [2.24, 2.45) is 0 Å². The van der Waals surface area contributed by atoms with Crippen LogP contribution in [0.2, 0.25) is 0 Å². The minimum Gasteiger partial charge on any atom is -0.493 e. The highest BCUT2D eigenvalue weighted by Gasteiger charge is 2.25. The number of hydrogen-bond donors (Lipinski definition) is 1. The second-order valence-electron chi connectivity index (χ2n) is 8.16. The fourth-order valence-corrected chi connectivity index (χ4v) is 4.54. The van der Waals surface area contributed by atoms with Crippen LogP contribution >= 0.6 is 0 Å². The molecule has 0 unspecified atom stereocenters. The second kappa shape index (κ2) is 9.02. The normalized spacial score (nSPS) is 15.5. The highest BCUT2D eigenvalue weighted by Crippen LogP contribution is 2.38. The number of aromatic nitrogens is 2. The first kappa shape index (κ1) is 21.2. The van der Waals surface area contributed by atoms with E-state index >= 15 is 0 Å². The van der Waals surface area contributed by atoms with Crippen LogP contribution in [0, 0.1) is 13.8 Å². The van der Waals surface area contributed by atoms with Crippen LogP contribution in [0.3, 0.4) is 0 Å². The summed E-state index contributed by atoms with van der Waals surface area (Å²) in [4.78, 5) is 0. The molecular formula is C25H31N3O3. The van der Waals surface area contributed by atoms with E-state index in [-0.39, 0.29) is 6.04 Å². The molecule has 6 nitrogen and oxygen atoms in total. The van der Waals surface area contributed by atoms with Gasteiger partial charge in [-0.2, -0.15) is 5.10 Å².